The number of allylic oxidation sites excluding steroid dienone is 1. The minimum atomic E-state index is -1.28. The predicted octanol–water partition coefficient (Wildman–Crippen LogP) is -0.0151. The van der Waals surface area contributed by atoms with Gasteiger partial charge in [0.05, 0.1) is 29.3 Å². The molecule has 7 unspecified atom stereocenters. The molecule has 0 radical (unpaired) electrons. The number of aliphatic hydroxyl groups excluding tert-OH is 5. The summed E-state index contributed by atoms with van der Waals surface area (Å²) >= 11 is 5.31. The largest absolute Gasteiger partial charge is 0.393 e. The Bertz CT molecular complexity index is 465. The van der Waals surface area contributed by atoms with E-state index in [1.54, 1.807) is 6.08 Å². The summed E-state index contributed by atoms with van der Waals surface area (Å²) in [6.45, 7) is 4.17. The van der Waals surface area contributed by atoms with E-state index in [0.29, 0.717) is 37.2 Å². The summed E-state index contributed by atoms with van der Waals surface area (Å²) in [6.07, 6.45) is 1.95. The maximum Gasteiger partial charge on any atom is 0.111 e. The van der Waals surface area contributed by atoms with Crippen LogP contribution in [-0.4, -0.2) is 79.7 Å². The quantitative estimate of drug-likeness (QED) is 0.200. The SMILES string of the molecule is CCCC(=S)NC(CNC1CC/C=C\C(O)C(O)C1O)C(O)CC(O)CC. The highest BCUT2D eigenvalue weighted by Crippen LogP contribution is 2.15. The summed E-state index contributed by atoms with van der Waals surface area (Å²) in [5, 5.41) is 57.0. The number of thiocarbonyl (C=S) groups is 1. The van der Waals surface area contributed by atoms with Gasteiger partial charge in [-0.15, -0.1) is 0 Å². The molecule has 8 heteroatoms. The molecule has 1 aliphatic carbocycles. The first-order chi connectivity index (χ1) is 12.8. The molecular weight excluding hydrogens is 368 g/mol. The van der Waals surface area contributed by atoms with E-state index in [1.807, 2.05) is 13.8 Å². The Morgan fingerprint density at radius 2 is 1.89 bits per heavy atom. The fraction of sp³-hybridized carbons (Fsp3) is 0.842. The van der Waals surface area contributed by atoms with Crippen molar-refractivity contribution < 1.29 is 25.5 Å². The molecule has 0 amide bonds. The first-order valence-electron chi connectivity index (χ1n) is 9.89. The number of nitrogens with one attached hydrogen (secondary N) is 2. The molecule has 0 heterocycles. The van der Waals surface area contributed by atoms with E-state index in [-0.39, 0.29) is 6.42 Å². The summed E-state index contributed by atoms with van der Waals surface area (Å²) < 4.78 is 0. The molecule has 7 nitrogen and oxygen atoms in total. The lowest BCUT2D eigenvalue weighted by Crippen LogP contribution is -2.56. The van der Waals surface area contributed by atoms with Gasteiger partial charge in [-0.05, 0) is 32.1 Å². The summed E-state index contributed by atoms with van der Waals surface area (Å²) in [7, 11) is 0. The van der Waals surface area contributed by atoms with Crippen LogP contribution in [0.25, 0.3) is 0 Å². The second kappa shape index (κ2) is 12.8. The molecule has 158 valence electrons. The average Bonchev–Trinajstić information content (AvgIpc) is 2.64. The molecule has 7 atom stereocenters. The Hall–Kier alpha value is -0.610. The van der Waals surface area contributed by atoms with E-state index in [4.69, 9.17) is 12.2 Å². The number of hydrogen-bond donors (Lipinski definition) is 7. The van der Waals surface area contributed by atoms with Gasteiger partial charge >= 0.3 is 0 Å². The van der Waals surface area contributed by atoms with Crippen LogP contribution >= 0.6 is 12.2 Å². The van der Waals surface area contributed by atoms with Crippen molar-refractivity contribution in [3.8, 4) is 0 Å². The maximum atomic E-state index is 10.5. The molecule has 0 aliphatic heterocycles. The van der Waals surface area contributed by atoms with Crippen molar-refractivity contribution in [3.63, 3.8) is 0 Å². The molecule has 1 aliphatic rings. The fourth-order valence-electron chi connectivity index (χ4n) is 3.14. The first kappa shape index (κ1) is 24.4. The summed E-state index contributed by atoms with van der Waals surface area (Å²) in [5.74, 6) is 0. The van der Waals surface area contributed by atoms with Gasteiger partial charge in [0.15, 0.2) is 0 Å². The molecule has 0 fully saturated rings. The van der Waals surface area contributed by atoms with Gasteiger partial charge in [0.1, 0.15) is 12.2 Å². The number of rotatable bonds is 10. The zero-order valence-electron chi connectivity index (χ0n) is 16.3. The molecule has 0 saturated heterocycles. The van der Waals surface area contributed by atoms with Crippen LogP contribution in [0.2, 0.25) is 0 Å². The van der Waals surface area contributed by atoms with Crippen molar-refractivity contribution in [3.05, 3.63) is 12.2 Å². The van der Waals surface area contributed by atoms with Crippen molar-refractivity contribution in [1.29, 1.82) is 0 Å². The topological polar surface area (TPSA) is 125 Å². The zero-order chi connectivity index (χ0) is 20.4. The average molecular weight is 405 g/mol. The fourth-order valence-corrected chi connectivity index (χ4v) is 3.49. The number of hydrogen-bond acceptors (Lipinski definition) is 7. The highest BCUT2D eigenvalue weighted by atomic mass is 32.1. The molecule has 0 aromatic carbocycles. The summed E-state index contributed by atoms with van der Waals surface area (Å²) in [4.78, 5) is 0.644. The standard InChI is InChI=1S/C19H36N2O5S/c1-3-7-17(27)21-14(16(24)10-12(22)4-2)11-20-13-8-5-6-9-15(23)19(26)18(13)25/h6,9,12-16,18-20,22-26H,3-5,7-8,10-11H2,1-2H3,(H,21,27)/b9-6-. The Labute approximate surface area is 167 Å². The zero-order valence-corrected chi connectivity index (χ0v) is 17.1. The van der Waals surface area contributed by atoms with E-state index >= 15 is 0 Å². The van der Waals surface area contributed by atoms with Gasteiger partial charge in [-0.1, -0.05) is 38.2 Å². The first-order valence-corrected chi connectivity index (χ1v) is 10.3. The van der Waals surface area contributed by atoms with Gasteiger partial charge in [-0.3, -0.25) is 0 Å². The molecule has 7 N–H and O–H groups in total. The Morgan fingerprint density at radius 3 is 2.52 bits per heavy atom. The van der Waals surface area contributed by atoms with Crippen molar-refractivity contribution in [2.24, 2.45) is 0 Å². The van der Waals surface area contributed by atoms with Gasteiger partial charge in [0.2, 0.25) is 0 Å². The van der Waals surface area contributed by atoms with E-state index in [2.05, 4.69) is 10.6 Å². The van der Waals surface area contributed by atoms with Crippen LogP contribution in [0.3, 0.4) is 0 Å². The predicted molar refractivity (Wildman–Crippen MR) is 110 cm³/mol. The molecule has 0 spiro atoms. The van der Waals surface area contributed by atoms with Crippen LogP contribution in [0.1, 0.15) is 52.4 Å². The molecule has 27 heavy (non-hydrogen) atoms. The Kier molecular flexibility index (Phi) is 11.6. The van der Waals surface area contributed by atoms with Crippen LogP contribution in [0, 0.1) is 0 Å². The van der Waals surface area contributed by atoms with Crippen molar-refractivity contribution >= 4 is 17.2 Å². The highest BCUT2D eigenvalue weighted by molar-refractivity contribution is 7.80. The van der Waals surface area contributed by atoms with Gasteiger partial charge in [0.25, 0.3) is 0 Å². The minimum Gasteiger partial charge on any atom is -0.393 e. The van der Waals surface area contributed by atoms with Crippen LogP contribution in [-0.2, 0) is 0 Å². The monoisotopic (exact) mass is 404 g/mol. The lowest BCUT2D eigenvalue weighted by molar-refractivity contribution is -0.0593. The smallest absolute Gasteiger partial charge is 0.111 e. The van der Waals surface area contributed by atoms with Gasteiger partial charge in [0, 0.05) is 19.0 Å². The van der Waals surface area contributed by atoms with Gasteiger partial charge < -0.3 is 36.2 Å². The molecule has 0 aromatic rings. The van der Waals surface area contributed by atoms with Crippen molar-refractivity contribution in [2.75, 3.05) is 6.54 Å². The lowest BCUT2D eigenvalue weighted by Gasteiger charge is -2.33. The van der Waals surface area contributed by atoms with Crippen LogP contribution in [0.4, 0.5) is 0 Å². The third-order valence-electron chi connectivity index (χ3n) is 4.96. The molecule has 1 rings (SSSR count). The van der Waals surface area contributed by atoms with E-state index in [9.17, 15) is 25.5 Å². The Balaban J connectivity index is 2.74. The minimum absolute atomic E-state index is 0.224. The normalized spacial score (nSPS) is 30.6. The molecule has 0 aromatic heterocycles. The van der Waals surface area contributed by atoms with E-state index < -0.39 is 42.6 Å². The van der Waals surface area contributed by atoms with Crippen molar-refractivity contribution in [1.82, 2.24) is 10.6 Å². The van der Waals surface area contributed by atoms with Crippen LogP contribution in [0.5, 0.6) is 0 Å². The van der Waals surface area contributed by atoms with Gasteiger partial charge in [-0.2, -0.15) is 0 Å². The van der Waals surface area contributed by atoms with E-state index in [0.717, 1.165) is 6.42 Å². The van der Waals surface area contributed by atoms with E-state index in [1.165, 1.54) is 6.08 Å². The maximum absolute atomic E-state index is 10.5. The highest BCUT2D eigenvalue weighted by Gasteiger charge is 2.32. The van der Waals surface area contributed by atoms with Crippen molar-refractivity contribution in [2.45, 2.75) is 95.0 Å². The second-order valence-electron chi connectivity index (χ2n) is 7.28. The third kappa shape index (κ3) is 8.51. The molecule has 0 saturated carbocycles. The lowest BCUT2D eigenvalue weighted by atomic mass is 9.93. The summed E-state index contributed by atoms with van der Waals surface area (Å²) in [6, 6.07) is -0.868. The second-order valence-corrected chi connectivity index (χ2v) is 7.77. The Morgan fingerprint density at radius 1 is 1.19 bits per heavy atom. The van der Waals surface area contributed by atoms with Gasteiger partial charge in [-0.25, -0.2) is 0 Å². The van der Waals surface area contributed by atoms with Crippen LogP contribution in [0.15, 0.2) is 12.2 Å². The molecular formula is C19H36N2O5S. The van der Waals surface area contributed by atoms with Crippen LogP contribution < -0.4 is 10.6 Å². The number of aliphatic hydroxyl groups is 5. The summed E-state index contributed by atoms with van der Waals surface area (Å²) in [5.41, 5.74) is 0. The molecule has 0 bridgehead atoms. The third-order valence-corrected chi connectivity index (χ3v) is 5.28.